The molecule has 5 rings (SSSR count). The van der Waals surface area contributed by atoms with E-state index in [-0.39, 0.29) is 5.91 Å². The summed E-state index contributed by atoms with van der Waals surface area (Å²) in [4.78, 5) is 18.1. The number of nitrogens with zero attached hydrogens (tertiary/aromatic N) is 1. The Kier molecular flexibility index (Phi) is 5.56. The highest BCUT2D eigenvalue weighted by Crippen LogP contribution is 2.27. The number of ether oxygens (including phenoxy) is 1. The van der Waals surface area contributed by atoms with Crippen molar-refractivity contribution >= 4 is 22.5 Å². The number of carbonyl (C=O) groups is 1. The summed E-state index contributed by atoms with van der Waals surface area (Å²) in [6.07, 6.45) is 0. The lowest BCUT2D eigenvalue weighted by molar-refractivity contribution is 0.102. The molecule has 1 N–H and O–H groups in total. The average molecular weight is 431 g/mol. The van der Waals surface area contributed by atoms with Crippen molar-refractivity contribution in [3.05, 3.63) is 120 Å². The predicted molar refractivity (Wildman–Crippen MR) is 133 cm³/mol. The van der Waals surface area contributed by atoms with Gasteiger partial charge in [-0.15, -0.1) is 0 Å². The number of nitrogens with one attached hydrogen (secondary N) is 1. The van der Waals surface area contributed by atoms with Gasteiger partial charge in [0.1, 0.15) is 11.5 Å². The van der Waals surface area contributed by atoms with Gasteiger partial charge in [-0.25, -0.2) is 4.98 Å². The average Bonchev–Trinajstić information content (AvgIpc) is 2.86. The number of hydrogen-bond acceptors (Lipinski definition) is 3. The molecule has 0 saturated heterocycles. The number of hydrogen-bond donors (Lipinski definition) is 1. The first-order valence-corrected chi connectivity index (χ1v) is 10.8. The third-order valence-corrected chi connectivity index (χ3v) is 5.37. The van der Waals surface area contributed by atoms with E-state index >= 15 is 0 Å². The predicted octanol–water partition coefficient (Wildman–Crippen LogP) is 7.25. The highest BCUT2D eigenvalue weighted by molar-refractivity contribution is 6.13. The molecule has 0 unspecified atom stereocenters. The first-order valence-electron chi connectivity index (χ1n) is 10.8. The molecule has 0 aliphatic rings. The molecule has 1 heterocycles. The van der Waals surface area contributed by atoms with Crippen LogP contribution in [-0.2, 0) is 0 Å². The van der Waals surface area contributed by atoms with Crippen LogP contribution in [0.2, 0.25) is 0 Å². The van der Waals surface area contributed by atoms with E-state index in [2.05, 4.69) is 5.32 Å². The fraction of sp³-hybridized carbons (Fsp3) is 0.0345. The molecule has 0 atom stereocenters. The van der Waals surface area contributed by atoms with Gasteiger partial charge in [0.15, 0.2) is 0 Å². The quantitative estimate of drug-likeness (QED) is 0.319. The van der Waals surface area contributed by atoms with Crippen LogP contribution in [0.3, 0.4) is 0 Å². The fourth-order valence-electron chi connectivity index (χ4n) is 3.71. The van der Waals surface area contributed by atoms with E-state index in [1.54, 1.807) is 0 Å². The normalized spacial score (nSPS) is 10.7. The molecule has 5 aromatic rings. The van der Waals surface area contributed by atoms with Gasteiger partial charge in [-0.05, 0) is 61.5 Å². The van der Waals surface area contributed by atoms with Crippen LogP contribution in [0.5, 0.6) is 11.5 Å². The maximum atomic E-state index is 13.3. The van der Waals surface area contributed by atoms with Gasteiger partial charge in [-0.1, -0.05) is 60.2 Å². The van der Waals surface area contributed by atoms with E-state index in [0.29, 0.717) is 17.0 Å². The number of carbonyl (C=O) groups excluding carboxylic acids is 1. The Bertz CT molecular complexity index is 1410. The number of benzene rings is 4. The molecular weight excluding hydrogens is 408 g/mol. The largest absolute Gasteiger partial charge is 0.457 e. The lowest BCUT2D eigenvalue weighted by Gasteiger charge is -2.12. The van der Waals surface area contributed by atoms with Crippen LogP contribution < -0.4 is 10.1 Å². The monoisotopic (exact) mass is 430 g/mol. The SMILES string of the molecule is Cc1ccc2nc(-c3ccccc3)cc(C(=O)Nc3ccc(Oc4ccccc4)cc3)c2c1. The second-order valence-electron chi connectivity index (χ2n) is 7.84. The summed E-state index contributed by atoms with van der Waals surface area (Å²) in [7, 11) is 0. The van der Waals surface area contributed by atoms with Crippen LogP contribution >= 0.6 is 0 Å². The summed E-state index contributed by atoms with van der Waals surface area (Å²) in [5.41, 5.74) is 4.89. The van der Waals surface area contributed by atoms with Crippen molar-refractivity contribution in [2.24, 2.45) is 0 Å². The van der Waals surface area contributed by atoms with Crippen molar-refractivity contribution in [1.29, 1.82) is 0 Å². The van der Waals surface area contributed by atoms with Gasteiger partial charge in [0.05, 0.1) is 16.8 Å². The first-order chi connectivity index (χ1) is 16.2. The highest BCUT2D eigenvalue weighted by atomic mass is 16.5. The third-order valence-electron chi connectivity index (χ3n) is 5.37. The van der Waals surface area contributed by atoms with Crippen LogP contribution in [0.1, 0.15) is 15.9 Å². The van der Waals surface area contributed by atoms with Crippen molar-refractivity contribution in [3.63, 3.8) is 0 Å². The topological polar surface area (TPSA) is 51.2 Å². The van der Waals surface area contributed by atoms with Crippen molar-refractivity contribution in [1.82, 2.24) is 4.98 Å². The molecular formula is C29H22N2O2. The molecule has 1 aromatic heterocycles. The Morgan fingerprint density at radius 3 is 2.15 bits per heavy atom. The number of fused-ring (bicyclic) bond motifs is 1. The van der Waals surface area contributed by atoms with E-state index in [1.165, 1.54) is 0 Å². The van der Waals surface area contributed by atoms with Gasteiger partial charge < -0.3 is 10.1 Å². The van der Waals surface area contributed by atoms with Gasteiger partial charge in [0.25, 0.3) is 5.91 Å². The number of aromatic nitrogens is 1. The zero-order chi connectivity index (χ0) is 22.6. The van der Waals surface area contributed by atoms with Crippen LogP contribution in [0.15, 0.2) is 109 Å². The molecule has 0 radical (unpaired) electrons. The minimum Gasteiger partial charge on any atom is -0.457 e. The maximum Gasteiger partial charge on any atom is 0.256 e. The van der Waals surface area contributed by atoms with Crippen LogP contribution in [0, 0.1) is 6.92 Å². The third kappa shape index (κ3) is 4.60. The molecule has 33 heavy (non-hydrogen) atoms. The smallest absolute Gasteiger partial charge is 0.256 e. The summed E-state index contributed by atoms with van der Waals surface area (Å²) in [5, 5.41) is 3.85. The Hall–Kier alpha value is -4.44. The maximum absolute atomic E-state index is 13.3. The van der Waals surface area contributed by atoms with Crippen LogP contribution in [0.4, 0.5) is 5.69 Å². The summed E-state index contributed by atoms with van der Waals surface area (Å²) in [6.45, 7) is 2.01. The van der Waals surface area contributed by atoms with Gasteiger partial charge in [-0.2, -0.15) is 0 Å². The van der Waals surface area contributed by atoms with E-state index in [4.69, 9.17) is 9.72 Å². The second kappa shape index (κ2) is 8.97. The molecule has 160 valence electrons. The number of aryl methyl sites for hydroxylation is 1. The lowest BCUT2D eigenvalue weighted by Crippen LogP contribution is -2.13. The lowest BCUT2D eigenvalue weighted by atomic mass is 10.0. The Balaban J connectivity index is 1.44. The fourth-order valence-corrected chi connectivity index (χ4v) is 3.71. The van der Waals surface area contributed by atoms with Gasteiger partial charge in [-0.3, -0.25) is 4.79 Å². The van der Waals surface area contributed by atoms with Gasteiger partial charge in [0, 0.05) is 16.6 Å². The molecule has 0 spiro atoms. The Morgan fingerprint density at radius 1 is 0.758 bits per heavy atom. The van der Waals surface area contributed by atoms with E-state index in [0.717, 1.165) is 33.5 Å². The zero-order valence-corrected chi connectivity index (χ0v) is 18.2. The molecule has 0 aliphatic heterocycles. The van der Waals surface area contributed by atoms with Crippen molar-refractivity contribution in [2.75, 3.05) is 5.32 Å². The van der Waals surface area contributed by atoms with Gasteiger partial charge >= 0.3 is 0 Å². The molecule has 4 nitrogen and oxygen atoms in total. The van der Waals surface area contributed by atoms with Crippen LogP contribution in [-0.4, -0.2) is 10.9 Å². The molecule has 4 heteroatoms. The molecule has 0 aliphatic carbocycles. The minimum atomic E-state index is -0.179. The molecule has 0 fully saturated rings. The molecule has 0 saturated carbocycles. The Labute approximate surface area is 192 Å². The first kappa shape index (κ1) is 20.5. The summed E-state index contributed by atoms with van der Waals surface area (Å²) < 4.78 is 5.84. The number of anilines is 1. The van der Waals surface area contributed by atoms with Gasteiger partial charge in [0.2, 0.25) is 0 Å². The number of pyridine rings is 1. The van der Waals surface area contributed by atoms with E-state index in [1.807, 2.05) is 116 Å². The minimum absolute atomic E-state index is 0.179. The second-order valence-corrected chi connectivity index (χ2v) is 7.84. The summed E-state index contributed by atoms with van der Waals surface area (Å²) in [6, 6.07) is 34.7. The molecule has 0 bridgehead atoms. The highest BCUT2D eigenvalue weighted by Gasteiger charge is 2.15. The van der Waals surface area contributed by atoms with Crippen molar-refractivity contribution in [3.8, 4) is 22.8 Å². The van der Waals surface area contributed by atoms with Crippen molar-refractivity contribution < 1.29 is 9.53 Å². The number of amides is 1. The van der Waals surface area contributed by atoms with E-state index < -0.39 is 0 Å². The van der Waals surface area contributed by atoms with Crippen LogP contribution in [0.25, 0.3) is 22.2 Å². The number of para-hydroxylation sites is 1. The standard InChI is InChI=1S/C29H22N2O2/c1-20-12-17-27-25(18-20)26(19-28(31-27)21-8-4-2-5-9-21)29(32)30-22-13-15-24(16-14-22)33-23-10-6-3-7-11-23/h2-19H,1H3,(H,30,32). The number of rotatable bonds is 5. The molecule has 4 aromatic carbocycles. The summed E-state index contributed by atoms with van der Waals surface area (Å²) >= 11 is 0. The Morgan fingerprint density at radius 2 is 1.42 bits per heavy atom. The molecule has 1 amide bonds. The van der Waals surface area contributed by atoms with E-state index in [9.17, 15) is 4.79 Å². The zero-order valence-electron chi connectivity index (χ0n) is 18.2. The van der Waals surface area contributed by atoms with Crippen molar-refractivity contribution in [2.45, 2.75) is 6.92 Å². The summed E-state index contributed by atoms with van der Waals surface area (Å²) in [5.74, 6) is 1.29.